The summed E-state index contributed by atoms with van der Waals surface area (Å²) in [6, 6.07) is 0.360. The van der Waals surface area contributed by atoms with E-state index in [0.29, 0.717) is 74.5 Å². The highest BCUT2D eigenvalue weighted by molar-refractivity contribution is 5.84. The van der Waals surface area contributed by atoms with Gasteiger partial charge in [-0.3, -0.25) is 9.59 Å². The first-order valence-electron chi connectivity index (χ1n) is 21.5. The van der Waals surface area contributed by atoms with E-state index in [9.17, 15) is 24.9 Å². The van der Waals surface area contributed by atoms with Crippen LogP contribution in [0.2, 0.25) is 0 Å². The van der Waals surface area contributed by atoms with Crippen LogP contribution in [0.3, 0.4) is 0 Å². The third kappa shape index (κ3) is 10.3. The molecular weight excluding hydrogens is 654 g/mol. The first-order valence-corrected chi connectivity index (χ1v) is 21.5. The zero-order valence-electron chi connectivity index (χ0n) is 32.1. The molecule has 6 aliphatic rings. The number of aliphatic hydroxyl groups excluding tert-OH is 3. The summed E-state index contributed by atoms with van der Waals surface area (Å²) in [7, 11) is 1.66. The van der Waals surface area contributed by atoms with Gasteiger partial charge in [0.15, 0.2) is 0 Å². The number of ether oxygens (including phenoxy) is 1. The second-order valence-electron chi connectivity index (χ2n) is 18.3. The molecule has 7 N–H and O–H groups in total. The lowest BCUT2D eigenvalue weighted by molar-refractivity contribution is -0.125. The summed E-state index contributed by atoms with van der Waals surface area (Å²) in [5.41, 5.74) is 6.51. The van der Waals surface area contributed by atoms with E-state index in [2.05, 4.69) is 22.5 Å². The van der Waals surface area contributed by atoms with Crippen molar-refractivity contribution in [1.29, 1.82) is 0 Å². The Bertz CT molecular complexity index is 1230. The van der Waals surface area contributed by atoms with E-state index >= 15 is 0 Å². The zero-order valence-corrected chi connectivity index (χ0v) is 32.1. The molecule has 0 amide bonds. The fourth-order valence-electron chi connectivity index (χ4n) is 11.9. The molecule has 5 fully saturated rings. The van der Waals surface area contributed by atoms with Gasteiger partial charge in [0.1, 0.15) is 17.5 Å². The third-order valence-corrected chi connectivity index (χ3v) is 14.9. The van der Waals surface area contributed by atoms with Crippen LogP contribution in [0, 0.1) is 58.7 Å². The van der Waals surface area contributed by atoms with Gasteiger partial charge in [-0.15, -0.1) is 0 Å². The largest absolute Gasteiger partial charge is 0.393 e. The predicted molar refractivity (Wildman–Crippen MR) is 203 cm³/mol. The number of ketones is 2. The monoisotopic (exact) mass is 726 g/mol. The maximum absolute atomic E-state index is 13.7. The Balaban J connectivity index is 1.08. The number of carbonyl (C=O) groups is 2. The number of aliphatic hydroxyl groups is 3. The molecule has 2 heterocycles. The van der Waals surface area contributed by atoms with Crippen molar-refractivity contribution in [2.45, 2.75) is 178 Å². The molecule has 0 radical (unpaired) electrons. The lowest BCUT2D eigenvalue weighted by atomic mass is 9.60. The minimum Gasteiger partial charge on any atom is -0.393 e. The number of Topliss-reactive ketones (excluding diaryl/α,β-unsaturated/α-hetero) is 2. The number of rotatable bonds is 13. The zero-order chi connectivity index (χ0) is 36.7. The smallest absolute Gasteiger partial charge is 0.150 e. The van der Waals surface area contributed by atoms with E-state index in [4.69, 9.17) is 10.5 Å². The van der Waals surface area contributed by atoms with Gasteiger partial charge < -0.3 is 36.4 Å². The van der Waals surface area contributed by atoms with E-state index in [0.717, 1.165) is 70.9 Å². The topological polar surface area (TPSA) is 154 Å². The molecular formula is C43H71N3O6. The van der Waals surface area contributed by atoms with Crippen molar-refractivity contribution in [2.24, 2.45) is 52.6 Å². The normalized spacial score (nSPS) is 39.4. The molecule has 0 bridgehead atoms. The molecule has 0 aromatic heterocycles. The van der Waals surface area contributed by atoms with Gasteiger partial charge >= 0.3 is 0 Å². The van der Waals surface area contributed by atoms with Gasteiger partial charge in [0, 0.05) is 38.3 Å². The van der Waals surface area contributed by atoms with E-state index in [1.165, 1.54) is 38.5 Å². The predicted octanol–water partition coefficient (Wildman–Crippen LogP) is 5.02. The average Bonchev–Trinajstić information content (AvgIpc) is 3.20. The summed E-state index contributed by atoms with van der Waals surface area (Å²) in [6.07, 6.45) is 17.9. The lowest BCUT2D eigenvalue weighted by Gasteiger charge is -2.48. The van der Waals surface area contributed by atoms with Crippen LogP contribution >= 0.6 is 0 Å². The molecule has 13 atom stereocenters. The maximum Gasteiger partial charge on any atom is 0.150 e. The molecule has 2 aliphatic heterocycles. The Morgan fingerprint density at radius 3 is 2.52 bits per heavy atom. The van der Waals surface area contributed by atoms with Crippen molar-refractivity contribution in [3.05, 3.63) is 0 Å². The van der Waals surface area contributed by atoms with Crippen LogP contribution < -0.4 is 16.4 Å². The fourth-order valence-corrected chi connectivity index (χ4v) is 11.9. The highest BCUT2D eigenvalue weighted by atomic mass is 16.5. The summed E-state index contributed by atoms with van der Waals surface area (Å²) in [5.74, 6) is 8.62. The molecule has 9 nitrogen and oxygen atoms in total. The molecule has 9 heteroatoms. The summed E-state index contributed by atoms with van der Waals surface area (Å²) >= 11 is 0. The highest BCUT2D eigenvalue weighted by Crippen LogP contribution is 2.50. The second-order valence-corrected chi connectivity index (χ2v) is 18.3. The van der Waals surface area contributed by atoms with Crippen molar-refractivity contribution in [3.8, 4) is 11.8 Å². The highest BCUT2D eigenvalue weighted by Gasteiger charge is 2.44. The van der Waals surface area contributed by atoms with Crippen molar-refractivity contribution in [1.82, 2.24) is 10.6 Å². The van der Waals surface area contributed by atoms with Crippen LogP contribution in [0.5, 0.6) is 0 Å². The van der Waals surface area contributed by atoms with Gasteiger partial charge in [-0.1, -0.05) is 43.9 Å². The van der Waals surface area contributed by atoms with Gasteiger partial charge in [-0.25, -0.2) is 0 Å². The van der Waals surface area contributed by atoms with Crippen LogP contribution in [-0.2, 0) is 14.3 Å². The number of piperidine rings is 2. The standard InChI is InChI=1S/C43H71N3O6/c1-52-41-22-30-12-16-39(50)35(38(49)8-4-3-7-28-21-31-10-13-33(47)24-37(31)46-27-28)15-11-29(36(30)25-40(41)51)9-14-34(48)26-43(18-5-2-6-19-43)32-17-20-45-42(44)23-32/h28-32,34-38,40-42,45-46,48-49,51H,2-10,12-14,16-27,44H2,1H3. The first kappa shape index (κ1) is 40.3. The minimum atomic E-state index is -0.788. The summed E-state index contributed by atoms with van der Waals surface area (Å²) in [4.78, 5) is 25.5. The number of hydrogen-bond acceptors (Lipinski definition) is 9. The maximum atomic E-state index is 13.7. The van der Waals surface area contributed by atoms with Crippen LogP contribution in [0.15, 0.2) is 0 Å². The average molecular weight is 726 g/mol. The Kier molecular flexibility index (Phi) is 14.7. The van der Waals surface area contributed by atoms with E-state index in [1.54, 1.807) is 7.11 Å². The van der Waals surface area contributed by atoms with Crippen LogP contribution in [0.4, 0.5) is 0 Å². The lowest BCUT2D eigenvalue weighted by Crippen LogP contribution is -2.49. The van der Waals surface area contributed by atoms with Crippen molar-refractivity contribution >= 4 is 11.6 Å². The van der Waals surface area contributed by atoms with E-state index < -0.39 is 24.2 Å². The van der Waals surface area contributed by atoms with Gasteiger partial charge in [0.2, 0.25) is 0 Å². The van der Waals surface area contributed by atoms with Crippen molar-refractivity contribution < 1.29 is 29.6 Å². The van der Waals surface area contributed by atoms with Gasteiger partial charge in [0.05, 0.1) is 30.6 Å². The summed E-state index contributed by atoms with van der Waals surface area (Å²) < 4.78 is 5.68. The second kappa shape index (κ2) is 19.0. The van der Waals surface area contributed by atoms with Gasteiger partial charge in [-0.2, -0.15) is 0 Å². The fraction of sp³-hybridized carbons (Fsp3) is 0.907. The summed E-state index contributed by atoms with van der Waals surface area (Å²) in [5, 5.41) is 41.2. The number of carbonyl (C=O) groups excluding carboxylic acids is 2. The molecule has 13 unspecified atom stereocenters. The van der Waals surface area contributed by atoms with Gasteiger partial charge in [-0.05, 0) is 138 Å². The molecule has 294 valence electrons. The van der Waals surface area contributed by atoms with Crippen molar-refractivity contribution in [2.75, 3.05) is 20.2 Å². The number of fused-ring (bicyclic) bond motifs is 2. The molecule has 2 saturated heterocycles. The van der Waals surface area contributed by atoms with Crippen LogP contribution in [0.1, 0.15) is 141 Å². The molecule has 4 aliphatic carbocycles. The minimum absolute atomic E-state index is 0.0352. The molecule has 0 aromatic carbocycles. The summed E-state index contributed by atoms with van der Waals surface area (Å²) in [6.45, 7) is 1.91. The number of nitrogens with one attached hydrogen (secondary N) is 2. The molecule has 52 heavy (non-hydrogen) atoms. The molecule has 6 rings (SSSR count). The van der Waals surface area contributed by atoms with Crippen LogP contribution in [-0.4, -0.2) is 83.7 Å². The molecule has 0 aromatic rings. The quantitative estimate of drug-likeness (QED) is 0.114. The Hall–Kier alpha value is -1.38. The number of unbranched alkanes of at least 4 members (excludes halogenated alkanes) is 1. The Labute approximate surface area is 313 Å². The number of hydrogen-bond donors (Lipinski definition) is 6. The molecule has 3 saturated carbocycles. The van der Waals surface area contributed by atoms with Crippen molar-refractivity contribution in [3.63, 3.8) is 0 Å². The van der Waals surface area contributed by atoms with E-state index in [1.807, 2.05) is 0 Å². The third-order valence-electron chi connectivity index (χ3n) is 14.9. The number of methoxy groups -OCH3 is 1. The Morgan fingerprint density at radius 1 is 0.923 bits per heavy atom. The SMILES string of the molecule is COC1CC2CCC(=O)C(C(O)CCCCC3CNC4CC(=O)CCC4C3)C#CC(CCC(O)CC3(C4CCNC(N)C4)CCCCC3)C2CC1O. The van der Waals surface area contributed by atoms with Gasteiger partial charge in [0.25, 0.3) is 0 Å². The van der Waals surface area contributed by atoms with E-state index in [-0.39, 0.29) is 41.2 Å². The molecule has 0 spiro atoms. The first-order chi connectivity index (χ1) is 25.1. The van der Waals surface area contributed by atoms with Crippen LogP contribution in [0.25, 0.3) is 0 Å². The number of nitrogens with two attached hydrogens (primary N) is 1. The Morgan fingerprint density at radius 2 is 1.73 bits per heavy atom.